The number of hydrogen-bond acceptors (Lipinski definition) is 2. The van der Waals surface area contributed by atoms with Crippen molar-refractivity contribution in [3.8, 4) is 0 Å². The van der Waals surface area contributed by atoms with Gasteiger partial charge in [-0.1, -0.05) is 49.4 Å². The van der Waals surface area contributed by atoms with Crippen molar-refractivity contribution in [2.75, 3.05) is 13.1 Å². The topological polar surface area (TPSA) is 40.5 Å². The molecule has 0 unspecified atom stereocenters. The molecule has 0 bridgehead atoms. The fourth-order valence-electron chi connectivity index (χ4n) is 2.70. The van der Waals surface area contributed by atoms with Gasteiger partial charge in [-0.2, -0.15) is 0 Å². The van der Waals surface area contributed by atoms with Gasteiger partial charge >= 0.3 is 0 Å². The summed E-state index contributed by atoms with van der Waals surface area (Å²) in [4.78, 5) is 13.9. The predicted octanol–water partition coefficient (Wildman–Crippen LogP) is 2.37. The van der Waals surface area contributed by atoms with E-state index in [0.29, 0.717) is 25.9 Å². The standard InChI is InChI=1S/C17H19NO2/c1-2-17(20)11-18(12-17)16(19)10-13-7-8-14-5-3-4-6-15(14)9-13/h3-9,20H,2,10-12H2,1H3. The molecule has 1 heterocycles. The van der Waals surface area contributed by atoms with Crippen LogP contribution in [0.1, 0.15) is 18.9 Å². The van der Waals surface area contributed by atoms with Gasteiger partial charge in [0.25, 0.3) is 0 Å². The number of carbonyl (C=O) groups excluding carboxylic acids is 1. The van der Waals surface area contributed by atoms with E-state index in [1.54, 1.807) is 4.90 Å². The fourth-order valence-corrected chi connectivity index (χ4v) is 2.70. The highest BCUT2D eigenvalue weighted by Gasteiger charge is 2.41. The number of rotatable bonds is 3. The molecule has 3 rings (SSSR count). The van der Waals surface area contributed by atoms with Crippen LogP contribution in [-0.4, -0.2) is 34.6 Å². The van der Waals surface area contributed by atoms with Gasteiger partial charge in [-0.05, 0) is 22.8 Å². The maximum Gasteiger partial charge on any atom is 0.227 e. The van der Waals surface area contributed by atoms with Crippen LogP contribution in [-0.2, 0) is 11.2 Å². The van der Waals surface area contributed by atoms with Gasteiger partial charge in [-0.25, -0.2) is 0 Å². The molecule has 1 N–H and O–H groups in total. The summed E-state index contributed by atoms with van der Waals surface area (Å²) in [5.41, 5.74) is 0.375. The van der Waals surface area contributed by atoms with Crippen LogP contribution in [0.3, 0.4) is 0 Å². The highest BCUT2D eigenvalue weighted by Crippen LogP contribution is 2.25. The Morgan fingerprint density at radius 3 is 2.60 bits per heavy atom. The molecule has 1 aliphatic heterocycles. The number of amides is 1. The molecule has 3 nitrogen and oxygen atoms in total. The minimum atomic E-state index is -0.654. The summed E-state index contributed by atoms with van der Waals surface area (Å²) in [7, 11) is 0. The Hall–Kier alpha value is -1.87. The van der Waals surface area contributed by atoms with Crippen LogP contribution in [0.4, 0.5) is 0 Å². The average molecular weight is 269 g/mol. The summed E-state index contributed by atoms with van der Waals surface area (Å²) in [6.45, 7) is 2.89. The number of hydrogen-bond donors (Lipinski definition) is 1. The third-order valence-corrected chi connectivity index (χ3v) is 4.15. The molecule has 104 valence electrons. The Morgan fingerprint density at radius 2 is 1.90 bits per heavy atom. The molecule has 0 aromatic heterocycles. The Morgan fingerprint density at radius 1 is 1.20 bits per heavy atom. The third-order valence-electron chi connectivity index (χ3n) is 4.15. The van der Waals surface area contributed by atoms with Crippen molar-refractivity contribution in [1.29, 1.82) is 0 Å². The van der Waals surface area contributed by atoms with Crippen LogP contribution in [0.25, 0.3) is 10.8 Å². The summed E-state index contributed by atoms with van der Waals surface area (Å²) >= 11 is 0. The molecule has 0 atom stereocenters. The zero-order valence-electron chi connectivity index (χ0n) is 11.7. The van der Waals surface area contributed by atoms with E-state index < -0.39 is 5.60 Å². The summed E-state index contributed by atoms with van der Waals surface area (Å²) < 4.78 is 0. The van der Waals surface area contributed by atoms with Crippen LogP contribution in [0.5, 0.6) is 0 Å². The Balaban J connectivity index is 1.69. The Bertz CT molecular complexity index is 644. The van der Waals surface area contributed by atoms with E-state index in [0.717, 1.165) is 10.9 Å². The smallest absolute Gasteiger partial charge is 0.227 e. The second-order valence-electron chi connectivity index (χ2n) is 5.69. The SMILES string of the molecule is CCC1(O)CN(C(=O)Cc2ccc3ccccc3c2)C1. The number of carbonyl (C=O) groups is 1. The molecule has 2 aromatic rings. The highest BCUT2D eigenvalue weighted by atomic mass is 16.3. The molecule has 2 aromatic carbocycles. The second-order valence-corrected chi connectivity index (χ2v) is 5.69. The van der Waals surface area contributed by atoms with E-state index in [-0.39, 0.29) is 5.91 Å². The van der Waals surface area contributed by atoms with Gasteiger partial charge in [0, 0.05) is 0 Å². The molecule has 20 heavy (non-hydrogen) atoms. The number of likely N-dealkylation sites (tertiary alicyclic amines) is 1. The normalized spacial score (nSPS) is 17.0. The molecular weight excluding hydrogens is 250 g/mol. The van der Waals surface area contributed by atoms with Crippen molar-refractivity contribution < 1.29 is 9.90 Å². The second kappa shape index (κ2) is 4.91. The molecule has 1 saturated heterocycles. The zero-order valence-corrected chi connectivity index (χ0v) is 11.7. The van der Waals surface area contributed by atoms with Gasteiger partial charge in [0.05, 0.1) is 25.1 Å². The minimum Gasteiger partial charge on any atom is -0.386 e. The van der Waals surface area contributed by atoms with Crippen LogP contribution < -0.4 is 0 Å². The van der Waals surface area contributed by atoms with Crippen molar-refractivity contribution >= 4 is 16.7 Å². The molecule has 3 heteroatoms. The van der Waals surface area contributed by atoms with Crippen molar-refractivity contribution in [3.05, 3.63) is 48.0 Å². The van der Waals surface area contributed by atoms with Gasteiger partial charge < -0.3 is 10.0 Å². The summed E-state index contributed by atoms with van der Waals surface area (Å²) in [6.07, 6.45) is 1.11. The van der Waals surface area contributed by atoms with Crippen LogP contribution >= 0.6 is 0 Å². The van der Waals surface area contributed by atoms with E-state index in [9.17, 15) is 9.90 Å². The van der Waals surface area contributed by atoms with E-state index >= 15 is 0 Å². The molecule has 0 aliphatic carbocycles. The fraction of sp³-hybridized carbons (Fsp3) is 0.353. The summed E-state index contributed by atoms with van der Waals surface area (Å²) in [5, 5.41) is 12.3. The van der Waals surface area contributed by atoms with Gasteiger partial charge in [0.1, 0.15) is 0 Å². The van der Waals surface area contributed by atoms with Gasteiger partial charge in [-0.15, -0.1) is 0 Å². The monoisotopic (exact) mass is 269 g/mol. The lowest BCUT2D eigenvalue weighted by molar-refractivity contribution is -0.155. The predicted molar refractivity (Wildman–Crippen MR) is 79.5 cm³/mol. The molecule has 0 radical (unpaired) electrons. The van der Waals surface area contributed by atoms with E-state index in [1.165, 1.54) is 5.39 Å². The zero-order chi connectivity index (χ0) is 14.2. The lowest BCUT2D eigenvalue weighted by Crippen LogP contribution is -2.63. The summed E-state index contributed by atoms with van der Waals surface area (Å²) in [5.74, 6) is 0.0957. The van der Waals surface area contributed by atoms with Crippen molar-refractivity contribution in [1.82, 2.24) is 4.90 Å². The van der Waals surface area contributed by atoms with Gasteiger partial charge in [0.2, 0.25) is 5.91 Å². The van der Waals surface area contributed by atoms with Gasteiger partial charge in [-0.3, -0.25) is 4.79 Å². The van der Waals surface area contributed by atoms with E-state index in [1.807, 2.05) is 25.1 Å². The first kappa shape index (κ1) is 13.1. The average Bonchev–Trinajstić information content (AvgIpc) is 2.43. The number of benzene rings is 2. The minimum absolute atomic E-state index is 0.0957. The Kier molecular flexibility index (Phi) is 3.22. The van der Waals surface area contributed by atoms with E-state index in [4.69, 9.17) is 0 Å². The molecule has 1 fully saturated rings. The van der Waals surface area contributed by atoms with Crippen molar-refractivity contribution in [2.45, 2.75) is 25.4 Å². The number of fused-ring (bicyclic) bond motifs is 1. The highest BCUT2D eigenvalue weighted by molar-refractivity contribution is 5.85. The first-order chi connectivity index (χ1) is 9.59. The van der Waals surface area contributed by atoms with Crippen LogP contribution in [0.2, 0.25) is 0 Å². The third kappa shape index (κ3) is 2.41. The maximum absolute atomic E-state index is 12.1. The van der Waals surface area contributed by atoms with Gasteiger partial charge in [0.15, 0.2) is 0 Å². The first-order valence-corrected chi connectivity index (χ1v) is 7.07. The van der Waals surface area contributed by atoms with E-state index in [2.05, 4.69) is 24.3 Å². The van der Waals surface area contributed by atoms with Crippen LogP contribution in [0.15, 0.2) is 42.5 Å². The van der Waals surface area contributed by atoms with Crippen LogP contribution in [0, 0.1) is 0 Å². The maximum atomic E-state index is 12.1. The number of β-amino-alcohol motifs (C(OH)–C–C–N with tert-alkyl or cyclic N) is 1. The molecule has 0 spiro atoms. The Labute approximate surface area is 118 Å². The van der Waals surface area contributed by atoms with Crippen molar-refractivity contribution in [3.63, 3.8) is 0 Å². The number of aliphatic hydroxyl groups is 1. The number of nitrogens with zero attached hydrogens (tertiary/aromatic N) is 1. The lowest BCUT2D eigenvalue weighted by Gasteiger charge is -2.46. The molecule has 1 amide bonds. The lowest BCUT2D eigenvalue weighted by atomic mass is 9.90. The summed E-state index contributed by atoms with van der Waals surface area (Å²) in [6, 6.07) is 14.3. The molecule has 1 aliphatic rings. The quantitative estimate of drug-likeness (QED) is 0.929. The molecule has 0 saturated carbocycles. The largest absolute Gasteiger partial charge is 0.386 e. The molecular formula is C17H19NO2. The first-order valence-electron chi connectivity index (χ1n) is 7.07. The van der Waals surface area contributed by atoms with Crippen molar-refractivity contribution in [2.24, 2.45) is 0 Å².